The zero-order valence-electron chi connectivity index (χ0n) is 16.4. The first kappa shape index (κ1) is 19.4. The third-order valence-corrected chi connectivity index (χ3v) is 4.76. The van der Waals surface area contributed by atoms with Gasteiger partial charge in [0.25, 0.3) is 0 Å². The van der Waals surface area contributed by atoms with Gasteiger partial charge in [-0.15, -0.1) is 0 Å². The van der Waals surface area contributed by atoms with Crippen molar-refractivity contribution in [1.82, 2.24) is 4.90 Å². The van der Waals surface area contributed by atoms with E-state index in [1.807, 2.05) is 62.1 Å². The number of hydrogen-bond acceptors (Lipinski definition) is 3. The van der Waals surface area contributed by atoms with Gasteiger partial charge in [-0.2, -0.15) is 0 Å². The van der Waals surface area contributed by atoms with Gasteiger partial charge >= 0.3 is 6.09 Å². The van der Waals surface area contributed by atoms with Crippen LogP contribution in [0.2, 0.25) is 0 Å². The fourth-order valence-electron chi connectivity index (χ4n) is 3.50. The molecule has 1 heterocycles. The second-order valence-electron chi connectivity index (χ2n) is 8.16. The first-order valence-corrected chi connectivity index (χ1v) is 9.57. The average Bonchev–Trinajstić information content (AvgIpc) is 3.06. The predicted octanol–water partition coefficient (Wildman–Crippen LogP) is 4.85. The summed E-state index contributed by atoms with van der Waals surface area (Å²) in [5.41, 5.74) is 1.92. The Balaban J connectivity index is 1.66. The fourth-order valence-corrected chi connectivity index (χ4v) is 3.50. The van der Waals surface area contributed by atoms with Gasteiger partial charge in [0.05, 0.1) is 13.2 Å². The van der Waals surface area contributed by atoms with Crippen LogP contribution in [-0.2, 0) is 16.1 Å². The molecular formula is C23H29NO3. The van der Waals surface area contributed by atoms with E-state index < -0.39 is 5.60 Å². The van der Waals surface area contributed by atoms with Crippen molar-refractivity contribution in [3.05, 3.63) is 71.8 Å². The maximum Gasteiger partial charge on any atom is 0.410 e. The zero-order valence-corrected chi connectivity index (χ0v) is 16.4. The predicted molar refractivity (Wildman–Crippen MR) is 107 cm³/mol. The molecule has 0 radical (unpaired) electrons. The second-order valence-corrected chi connectivity index (χ2v) is 8.16. The van der Waals surface area contributed by atoms with E-state index in [2.05, 4.69) is 24.3 Å². The molecule has 27 heavy (non-hydrogen) atoms. The number of ether oxygens (including phenoxy) is 2. The van der Waals surface area contributed by atoms with Gasteiger partial charge in [0.1, 0.15) is 5.60 Å². The molecule has 1 saturated heterocycles. The largest absolute Gasteiger partial charge is 0.444 e. The molecule has 0 aromatic heterocycles. The smallest absolute Gasteiger partial charge is 0.410 e. The molecular weight excluding hydrogens is 338 g/mol. The van der Waals surface area contributed by atoms with Gasteiger partial charge in [-0.3, -0.25) is 0 Å². The number of carbonyl (C=O) groups is 1. The molecule has 0 N–H and O–H groups in total. The molecule has 4 heteroatoms. The monoisotopic (exact) mass is 367 g/mol. The Bertz CT molecular complexity index is 724. The quantitative estimate of drug-likeness (QED) is 0.758. The van der Waals surface area contributed by atoms with Gasteiger partial charge in [0, 0.05) is 24.9 Å². The van der Waals surface area contributed by atoms with Crippen molar-refractivity contribution in [3.8, 4) is 0 Å². The lowest BCUT2D eigenvalue weighted by Crippen LogP contribution is -2.35. The van der Waals surface area contributed by atoms with Gasteiger partial charge in [0.15, 0.2) is 0 Å². The van der Waals surface area contributed by atoms with E-state index in [1.165, 1.54) is 5.56 Å². The summed E-state index contributed by atoms with van der Waals surface area (Å²) >= 11 is 0. The number of carbonyl (C=O) groups excluding carboxylic acids is 1. The third kappa shape index (κ3) is 5.57. The second kappa shape index (κ2) is 8.57. The Morgan fingerprint density at radius 2 is 1.63 bits per heavy atom. The number of rotatable bonds is 5. The van der Waals surface area contributed by atoms with Crippen LogP contribution in [0, 0.1) is 5.92 Å². The molecule has 0 saturated carbocycles. The first-order chi connectivity index (χ1) is 12.9. The summed E-state index contributed by atoms with van der Waals surface area (Å²) in [6.07, 6.45) is -0.242. The fraction of sp³-hybridized carbons (Fsp3) is 0.435. The van der Waals surface area contributed by atoms with E-state index in [0.29, 0.717) is 26.3 Å². The molecule has 1 fully saturated rings. The van der Waals surface area contributed by atoms with E-state index in [1.54, 1.807) is 0 Å². The first-order valence-electron chi connectivity index (χ1n) is 9.57. The minimum absolute atomic E-state index is 0.242. The van der Waals surface area contributed by atoms with Crippen LogP contribution in [0.25, 0.3) is 0 Å². The van der Waals surface area contributed by atoms with Crippen molar-refractivity contribution >= 4 is 6.09 Å². The van der Waals surface area contributed by atoms with Crippen LogP contribution in [0.3, 0.4) is 0 Å². The number of amides is 1. The van der Waals surface area contributed by atoms with Crippen LogP contribution in [0.5, 0.6) is 0 Å². The van der Waals surface area contributed by atoms with Crippen molar-refractivity contribution in [2.75, 3.05) is 19.7 Å². The van der Waals surface area contributed by atoms with Gasteiger partial charge in [0.2, 0.25) is 0 Å². The van der Waals surface area contributed by atoms with E-state index in [9.17, 15) is 4.79 Å². The molecule has 1 aliphatic heterocycles. The van der Waals surface area contributed by atoms with Crippen LogP contribution < -0.4 is 0 Å². The average molecular weight is 367 g/mol. The number of benzene rings is 2. The summed E-state index contributed by atoms with van der Waals surface area (Å²) < 4.78 is 11.6. The lowest BCUT2D eigenvalue weighted by molar-refractivity contribution is 0.0271. The minimum atomic E-state index is -0.485. The maximum absolute atomic E-state index is 12.5. The molecule has 3 rings (SSSR count). The molecule has 0 bridgehead atoms. The summed E-state index contributed by atoms with van der Waals surface area (Å²) in [6, 6.07) is 20.6. The molecule has 2 atom stereocenters. The minimum Gasteiger partial charge on any atom is -0.444 e. The van der Waals surface area contributed by atoms with E-state index >= 15 is 0 Å². The summed E-state index contributed by atoms with van der Waals surface area (Å²) in [5.74, 6) is 0.512. The number of hydrogen-bond donors (Lipinski definition) is 0. The highest BCUT2D eigenvalue weighted by atomic mass is 16.6. The van der Waals surface area contributed by atoms with Crippen LogP contribution in [0.15, 0.2) is 60.7 Å². The van der Waals surface area contributed by atoms with Crippen LogP contribution in [0.4, 0.5) is 4.79 Å². The Hall–Kier alpha value is -2.33. The normalized spacial score (nSPS) is 19.9. The molecule has 0 spiro atoms. The summed E-state index contributed by atoms with van der Waals surface area (Å²) in [5, 5.41) is 0. The molecule has 0 aliphatic carbocycles. The summed E-state index contributed by atoms with van der Waals surface area (Å²) in [6.45, 7) is 8.23. The van der Waals surface area contributed by atoms with Crippen molar-refractivity contribution in [2.45, 2.75) is 38.9 Å². The van der Waals surface area contributed by atoms with Crippen molar-refractivity contribution in [1.29, 1.82) is 0 Å². The highest BCUT2D eigenvalue weighted by Gasteiger charge is 2.37. The van der Waals surface area contributed by atoms with E-state index in [4.69, 9.17) is 9.47 Å². The maximum atomic E-state index is 12.5. The molecule has 1 amide bonds. The number of likely N-dealkylation sites (tertiary alicyclic amines) is 1. The van der Waals surface area contributed by atoms with Gasteiger partial charge in [-0.1, -0.05) is 60.7 Å². The van der Waals surface area contributed by atoms with Crippen LogP contribution in [0.1, 0.15) is 37.8 Å². The topological polar surface area (TPSA) is 38.8 Å². The van der Waals surface area contributed by atoms with Crippen LogP contribution in [-0.4, -0.2) is 36.3 Å². The van der Waals surface area contributed by atoms with Crippen molar-refractivity contribution < 1.29 is 14.3 Å². The SMILES string of the molecule is CC(C)(C)OC(=O)N1C[C@H](COCc2ccccc2)[C@H](c2ccccc2)C1. The zero-order chi connectivity index (χ0) is 19.3. The molecule has 4 nitrogen and oxygen atoms in total. The van der Waals surface area contributed by atoms with Crippen molar-refractivity contribution in [3.63, 3.8) is 0 Å². The van der Waals surface area contributed by atoms with Gasteiger partial charge < -0.3 is 14.4 Å². The third-order valence-electron chi connectivity index (χ3n) is 4.76. The van der Waals surface area contributed by atoms with Crippen molar-refractivity contribution in [2.24, 2.45) is 5.92 Å². The highest BCUT2D eigenvalue weighted by Crippen LogP contribution is 2.33. The molecule has 2 aromatic carbocycles. The standard InChI is InChI=1S/C23H29NO3/c1-23(2,3)27-22(25)24-14-20(17-26-16-18-10-6-4-7-11-18)21(15-24)19-12-8-5-9-13-19/h4-13,20-21H,14-17H2,1-3H3/t20-,21+/m1/s1. The van der Waals surface area contributed by atoms with E-state index in [0.717, 1.165) is 5.56 Å². The molecule has 2 aromatic rings. The van der Waals surface area contributed by atoms with Gasteiger partial charge in [-0.25, -0.2) is 4.79 Å². The lowest BCUT2D eigenvalue weighted by Gasteiger charge is -2.24. The van der Waals surface area contributed by atoms with E-state index in [-0.39, 0.29) is 17.9 Å². The molecule has 144 valence electrons. The molecule has 1 aliphatic rings. The summed E-state index contributed by atoms with van der Waals surface area (Å²) in [4.78, 5) is 14.4. The Morgan fingerprint density at radius 3 is 2.26 bits per heavy atom. The molecule has 0 unspecified atom stereocenters. The van der Waals surface area contributed by atoms with Gasteiger partial charge in [-0.05, 0) is 31.9 Å². The number of nitrogens with zero attached hydrogens (tertiary/aromatic N) is 1. The Labute approximate surface area is 162 Å². The highest BCUT2D eigenvalue weighted by molar-refractivity contribution is 5.68. The lowest BCUT2D eigenvalue weighted by atomic mass is 9.89. The summed E-state index contributed by atoms with van der Waals surface area (Å²) in [7, 11) is 0. The Morgan fingerprint density at radius 1 is 1.00 bits per heavy atom. The van der Waals surface area contributed by atoms with Crippen LogP contribution >= 0.6 is 0 Å². The Kier molecular flexibility index (Phi) is 6.17.